The molecule has 2 N–H and O–H groups in total. The number of aromatic nitrogens is 4. The van der Waals surface area contributed by atoms with E-state index in [-0.39, 0.29) is 11.8 Å². The highest BCUT2D eigenvalue weighted by atomic mass is 16.2. The van der Waals surface area contributed by atoms with E-state index in [0.29, 0.717) is 23.6 Å². The van der Waals surface area contributed by atoms with Crippen LogP contribution >= 0.6 is 0 Å². The molecule has 0 bridgehead atoms. The first-order chi connectivity index (χ1) is 9.58. The molecule has 2 aromatic heterocycles. The second-order valence-corrected chi connectivity index (χ2v) is 4.15. The van der Waals surface area contributed by atoms with Crippen molar-refractivity contribution in [2.24, 2.45) is 7.05 Å². The van der Waals surface area contributed by atoms with Crippen molar-refractivity contribution < 1.29 is 9.59 Å². The molecule has 0 spiro atoms. The maximum Gasteiger partial charge on any atom is 0.275 e. The third-order valence-corrected chi connectivity index (χ3v) is 2.89. The molecule has 2 amide bonds. The number of nitrogens with one attached hydrogen (secondary N) is 2. The zero-order valence-corrected chi connectivity index (χ0v) is 11.5. The second-order valence-electron chi connectivity index (χ2n) is 4.15. The standard InChI is InChI=1S/C12H16N6O2/c1-4-18-10(8(5-15-18)11(19)13-2)16-12(20)9-6-14-7-17(9)3/h5-7H,4H2,1-3H3,(H,13,19)(H,16,20). The molecule has 0 radical (unpaired) electrons. The van der Waals surface area contributed by atoms with Gasteiger partial charge in [0.25, 0.3) is 11.8 Å². The van der Waals surface area contributed by atoms with Crippen molar-refractivity contribution in [2.75, 3.05) is 12.4 Å². The smallest absolute Gasteiger partial charge is 0.275 e. The third-order valence-electron chi connectivity index (χ3n) is 2.89. The van der Waals surface area contributed by atoms with Gasteiger partial charge in [0.1, 0.15) is 17.1 Å². The predicted molar refractivity (Wildman–Crippen MR) is 72.5 cm³/mol. The summed E-state index contributed by atoms with van der Waals surface area (Å²) in [5, 5.41) is 9.30. The van der Waals surface area contributed by atoms with Crippen molar-refractivity contribution in [3.63, 3.8) is 0 Å². The van der Waals surface area contributed by atoms with E-state index in [1.54, 1.807) is 16.3 Å². The minimum atomic E-state index is -0.342. The zero-order valence-electron chi connectivity index (χ0n) is 11.5. The quantitative estimate of drug-likeness (QED) is 0.837. The first kappa shape index (κ1) is 13.8. The van der Waals surface area contributed by atoms with Gasteiger partial charge in [-0.25, -0.2) is 9.67 Å². The Morgan fingerprint density at radius 3 is 2.60 bits per heavy atom. The number of imidazole rings is 1. The van der Waals surface area contributed by atoms with Gasteiger partial charge in [-0.15, -0.1) is 0 Å². The van der Waals surface area contributed by atoms with Gasteiger partial charge in [0.05, 0.1) is 18.7 Å². The van der Waals surface area contributed by atoms with Gasteiger partial charge in [-0.3, -0.25) is 9.59 Å². The lowest BCUT2D eigenvalue weighted by Crippen LogP contribution is -2.23. The Bertz CT molecular complexity index is 642. The summed E-state index contributed by atoms with van der Waals surface area (Å²) in [5.74, 6) is -0.270. The molecule has 106 valence electrons. The number of nitrogens with zero attached hydrogens (tertiary/aromatic N) is 4. The Kier molecular flexibility index (Phi) is 3.83. The van der Waals surface area contributed by atoms with Crippen LogP contribution in [0.2, 0.25) is 0 Å². The Balaban J connectivity index is 2.33. The van der Waals surface area contributed by atoms with E-state index in [4.69, 9.17) is 0 Å². The number of carbonyl (C=O) groups excluding carboxylic acids is 2. The van der Waals surface area contributed by atoms with Gasteiger partial charge < -0.3 is 15.2 Å². The van der Waals surface area contributed by atoms with Crippen LogP contribution in [0.25, 0.3) is 0 Å². The topological polar surface area (TPSA) is 93.8 Å². The lowest BCUT2D eigenvalue weighted by atomic mass is 10.3. The summed E-state index contributed by atoms with van der Waals surface area (Å²) in [5.41, 5.74) is 0.724. The van der Waals surface area contributed by atoms with Crippen LogP contribution in [0.3, 0.4) is 0 Å². The highest BCUT2D eigenvalue weighted by Crippen LogP contribution is 2.16. The fourth-order valence-electron chi connectivity index (χ4n) is 1.81. The molecule has 0 saturated carbocycles. The first-order valence-electron chi connectivity index (χ1n) is 6.14. The fourth-order valence-corrected chi connectivity index (χ4v) is 1.81. The van der Waals surface area contributed by atoms with Crippen LogP contribution in [0.4, 0.5) is 5.82 Å². The molecule has 2 aromatic rings. The SMILES string of the molecule is CCn1ncc(C(=O)NC)c1NC(=O)c1cncn1C. The zero-order chi connectivity index (χ0) is 14.7. The maximum absolute atomic E-state index is 12.2. The highest BCUT2D eigenvalue weighted by Gasteiger charge is 2.19. The number of aryl methyl sites for hydroxylation is 2. The van der Waals surface area contributed by atoms with Gasteiger partial charge in [0.2, 0.25) is 0 Å². The lowest BCUT2D eigenvalue weighted by Gasteiger charge is -2.09. The number of carbonyl (C=O) groups is 2. The van der Waals surface area contributed by atoms with E-state index in [1.165, 1.54) is 25.8 Å². The molecule has 0 aromatic carbocycles. The molecule has 0 fully saturated rings. The highest BCUT2D eigenvalue weighted by molar-refractivity contribution is 6.07. The minimum Gasteiger partial charge on any atom is -0.355 e. The molecule has 0 saturated heterocycles. The predicted octanol–water partition coefficient (Wildman–Crippen LogP) is 0.248. The molecule has 2 rings (SSSR count). The second kappa shape index (κ2) is 5.55. The van der Waals surface area contributed by atoms with E-state index in [0.717, 1.165) is 0 Å². The molecule has 0 atom stereocenters. The van der Waals surface area contributed by atoms with Crippen molar-refractivity contribution in [2.45, 2.75) is 13.5 Å². The number of amides is 2. The Morgan fingerprint density at radius 2 is 2.05 bits per heavy atom. The van der Waals surface area contributed by atoms with E-state index in [2.05, 4.69) is 20.7 Å². The normalized spacial score (nSPS) is 10.3. The summed E-state index contributed by atoms with van der Waals surface area (Å²) in [4.78, 5) is 27.8. The molecule has 8 nitrogen and oxygen atoms in total. The van der Waals surface area contributed by atoms with Crippen LogP contribution in [0.5, 0.6) is 0 Å². The lowest BCUT2D eigenvalue weighted by molar-refractivity contribution is 0.0964. The van der Waals surface area contributed by atoms with Crippen molar-refractivity contribution in [1.29, 1.82) is 0 Å². The molecule has 2 heterocycles. The summed E-state index contributed by atoms with van der Waals surface area (Å²) in [6.45, 7) is 2.42. The van der Waals surface area contributed by atoms with Crippen LogP contribution in [-0.4, -0.2) is 38.2 Å². The monoisotopic (exact) mass is 276 g/mol. The van der Waals surface area contributed by atoms with Crippen LogP contribution in [0.15, 0.2) is 18.7 Å². The van der Waals surface area contributed by atoms with Gasteiger partial charge in [-0.05, 0) is 6.92 Å². The number of hydrogen-bond donors (Lipinski definition) is 2. The van der Waals surface area contributed by atoms with Crippen LogP contribution < -0.4 is 10.6 Å². The van der Waals surface area contributed by atoms with Gasteiger partial charge in [0.15, 0.2) is 0 Å². The fraction of sp³-hybridized carbons (Fsp3) is 0.333. The Hall–Kier alpha value is -2.64. The van der Waals surface area contributed by atoms with Crippen LogP contribution in [0.1, 0.15) is 27.8 Å². The summed E-state index contributed by atoms with van der Waals surface area (Å²) < 4.78 is 3.15. The molecule has 0 aliphatic carbocycles. The molecule has 20 heavy (non-hydrogen) atoms. The maximum atomic E-state index is 12.2. The van der Waals surface area contributed by atoms with Crippen molar-refractivity contribution in [1.82, 2.24) is 24.6 Å². The van der Waals surface area contributed by atoms with Crippen molar-refractivity contribution in [3.8, 4) is 0 Å². The first-order valence-corrected chi connectivity index (χ1v) is 6.14. The number of rotatable bonds is 4. The van der Waals surface area contributed by atoms with Crippen molar-refractivity contribution in [3.05, 3.63) is 30.0 Å². The molecule has 0 unspecified atom stereocenters. The Morgan fingerprint density at radius 1 is 1.30 bits per heavy atom. The molecular weight excluding hydrogens is 260 g/mol. The average molecular weight is 276 g/mol. The van der Waals surface area contributed by atoms with Gasteiger partial charge >= 0.3 is 0 Å². The average Bonchev–Trinajstić information content (AvgIpc) is 3.04. The summed E-state index contributed by atoms with van der Waals surface area (Å²) in [6.07, 6.45) is 4.43. The largest absolute Gasteiger partial charge is 0.355 e. The molecule has 0 aliphatic heterocycles. The van der Waals surface area contributed by atoms with E-state index < -0.39 is 0 Å². The number of hydrogen-bond acceptors (Lipinski definition) is 4. The van der Waals surface area contributed by atoms with Gasteiger partial charge in [0, 0.05) is 20.6 Å². The number of anilines is 1. The Labute approximate surface area is 115 Å². The summed E-state index contributed by atoms with van der Waals surface area (Å²) in [7, 11) is 3.25. The minimum absolute atomic E-state index is 0.301. The van der Waals surface area contributed by atoms with E-state index in [9.17, 15) is 9.59 Å². The van der Waals surface area contributed by atoms with E-state index in [1.807, 2.05) is 6.92 Å². The summed E-state index contributed by atoms with van der Waals surface area (Å²) in [6, 6.07) is 0. The molecular formula is C12H16N6O2. The third kappa shape index (κ3) is 2.40. The molecule has 8 heteroatoms. The summed E-state index contributed by atoms with van der Waals surface area (Å²) >= 11 is 0. The van der Waals surface area contributed by atoms with Crippen LogP contribution in [0, 0.1) is 0 Å². The van der Waals surface area contributed by atoms with Crippen LogP contribution in [-0.2, 0) is 13.6 Å². The van der Waals surface area contributed by atoms with Gasteiger partial charge in [-0.1, -0.05) is 0 Å². The van der Waals surface area contributed by atoms with E-state index >= 15 is 0 Å². The van der Waals surface area contributed by atoms with Gasteiger partial charge in [-0.2, -0.15) is 5.10 Å². The molecule has 0 aliphatic rings. The van der Waals surface area contributed by atoms with Crippen molar-refractivity contribution >= 4 is 17.6 Å².